The van der Waals surface area contributed by atoms with E-state index in [0.29, 0.717) is 16.5 Å². The number of benzene rings is 1. The molecule has 0 aliphatic carbocycles. The summed E-state index contributed by atoms with van der Waals surface area (Å²) < 4.78 is 59.0. The molecule has 2 heterocycles. The van der Waals surface area contributed by atoms with E-state index in [0.717, 1.165) is 0 Å². The van der Waals surface area contributed by atoms with Crippen LogP contribution in [0.4, 0.5) is 13.2 Å². The molecule has 1 saturated heterocycles. The maximum atomic E-state index is 13.1. The van der Waals surface area contributed by atoms with Crippen molar-refractivity contribution in [3.63, 3.8) is 0 Å². The molecule has 31 heavy (non-hydrogen) atoms. The number of hydrogen-bond donors (Lipinski definition) is 0. The normalized spacial score (nSPS) is 16.7. The Morgan fingerprint density at radius 1 is 1.26 bits per heavy atom. The maximum absolute atomic E-state index is 13.1. The van der Waals surface area contributed by atoms with Crippen molar-refractivity contribution in [3.05, 3.63) is 47.2 Å². The van der Waals surface area contributed by atoms with Gasteiger partial charge in [0, 0.05) is 18.8 Å². The van der Waals surface area contributed by atoms with E-state index in [1.54, 1.807) is 6.07 Å². The fourth-order valence-electron chi connectivity index (χ4n) is 2.92. The van der Waals surface area contributed by atoms with Crippen LogP contribution in [0.5, 0.6) is 17.2 Å². The summed E-state index contributed by atoms with van der Waals surface area (Å²) in [6.45, 7) is -0.669. The minimum absolute atomic E-state index is 0.0239. The fourth-order valence-corrected chi connectivity index (χ4v) is 3.09. The van der Waals surface area contributed by atoms with Crippen molar-refractivity contribution in [2.24, 2.45) is 0 Å². The predicted molar refractivity (Wildman–Crippen MR) is 105 cm³/mol. The zero-order chi connectivity index (χ0) is 22.4. The highest BCUT2D eigenvalue weighted by molar-refractivity contribution is 6.30. The zero-order valence-corrected chi connectivity index (χ0v) is 17.3. The van der Waals surface area contributed by atoms with Crippen LogP contribution in [-0.2, 0) is 4.74 Å². The Balaban J connectivity index is 1.69. The second-order valence-electron chi connectivity index (χ2n) is 6.66. The van der Waals surface area contributed by atoms with Crippen LogP contribution in [-0.4, -0.2) is 68.1 Å². The molecule has 0 N–H and O–H groups in total. The third-order valence-electron chi connectivity index (χ3n) is 4.35. The van der Waals surface area contributed by atoms with Crippen LogP contribution >= 0.6 is 11.6 Å². The number of morpholine rings is 1. The van der Waals surface area contributed by atoms with E-state index in [-0.39, 0.29) is 37.6 Å². The highest BCUT2D eigenvalue weighted by atomic mass is 35.5. The highest BCUT2D eigenvalue weighted by Crippen LogP contribution is 2.28. The Hall–Kier alpha value is -2.72. The second kappa shape index (κ2) is 10.1. The van der Waals surface area contributed by atoms with Crippen molar-refractivity contribution >= 4 is 17.5 Å². The standard InChI is InChI=1S/C20H20ClF3N2O5/c1-28-14-2-3-18(31-12-20(22,23)24)17(7-14)19(27)26-4-5-29-16(10-26)11-30-15-6-13(21)8-25-9-15/h2-3,6-9,16H,4-5,10-12H2,1H3. The number of rotatable bonds is 7. The maximum Gasteiger partial charge on any atom is 0.422 e. The van der Waals surface area contributed by atoms with Crippen LogP contribution in [0.2, 0.25) is 5.02 Å². The molecule has 0 radical (unpaired) electrons. The molecule has 1 aromatic heterocycles. The predicted octanol–water partition coefficient (Wildman–Crippen LogP) is 3.60. The lowest BCUT2D eigenvalue weighted by atomic mass is 10.1. The molecule has 1 fully saturated rings. The van der Waals surface area contributed by atoms with Gasteiger partial charge in [-0.15, -0.1) is 0 Å². The van der Waals surface area contributed by atoms with E-state index in [1.807, 2.05) is 0 Å². The van der Waals surface area contributed by atoms with Gasteiger partial charge in [0.2, 0.25) is 0 Å². The zero-order valence-electron chi connectivity index (χ0n) is 16.5. The first-order valence-electron chi connectivity index (χ1n) is 9.27. The minimum Gasteiger partial charge on any atom is -0.497 e. The van der Waals surface area contributed by atoms with E-state index in [1.165, 1.54) is 42.6 Å². The average Bonchev–Trinajstić information content (AvgIpc) is 2.75. The Bertz CT molecular complexity index is 913. The van der Waals surface area contributed by atoms with Gasteiger partial charge in [-0.3, -0.25) is 9.78 Å². The molecule has 0 saturated carbocycles. The van der Waals surface area contributed by atoms with E-state index < -0.39 is 24.8 Å². The van der Waals surface area contributed by atoms with Gasteiger partial charge in [0.25, 0.3) is 5.91 Å². The smallest absolute Gasteiger partial charge is 0.422 e. The lowest BCUT2D eigenvalue weighted by Gasteiger charge is -2.33. The summed E-state index contributed by atoms with van der Waals surface area (Å²) in [6.07, 6.45) is -2.00. The monoisotopic (exact) mass is 460 g/mol. The third-order valence-corrected chi connectivity index (χ3v) is 4.56. The number of amides is 1. The van der Waals surface area contributed by atoms with E-state index in [4.69, 9.17) is 30.5 Å². The first kappa shape index (κ1) is 23.0. The van der Waals surface area contributed by atoms with E-state index in [2.05, 4.69) is 4.98 Å². The number of pyridine rings is 1. The lowest BCUT2D eigenvalue weighted by Crippen LogP contribution is -2.47. The molecule has 2 aromatic rings. The van der Waals surface area contributed by atoms with Crippen molar-refractivity contribution in [1.82, 2.24) is 9.88 Å². The summed E-state index contributed by atoms with van der Waals surface area (Å²) in [5.41, 5.74) is -0.0239. The fraction of sp³-hybridized carbons (Fsp3) is 0.400. The SMILES string of the molecule is COc1ccc(OCC(F)(F)F)c(C(=O)N2CCOC(COc3cncc(Cl)c3)C2)c1. The van der Waals surface area contributed by atoms with E-state index in [9.17, 15) is 18.0 Å². The van der Waals surface area contributed by atoms with Crippen LogP contribution in [0.15, 0.2) is 36.7 Å². The van der Waals surface area contributed by atoms with Gasteiger partial charge in [-0.2, -0.15) is 13.2 Å². The lowest BCUT2D eigenvalue weighted by molar-refractivity contribution is -0.153. The van der Waals surface area contributed by atoms with Crippen LogP contribution in [0, 0.1) is 0 Å². The summed E-state index contributed by atoms with van der Waals surface area (Å²) in [4.78, 5) is 18.5. The molecular weight excluding hydrogens is 441 g/mol. The number of carbonyl (C=O) groups excluding carboxylic acids is 1. The van der Waals surface area contributed by atoms with Gasteiger partial charge in [-0.25, -0.2) is 0 Å². The molecule has 3 rings (SSSR count). The Labute approximate surface area is 181 Å². The van der Waals surface area contributed by atoms with Gasteiger partial charge in [0.1, 0.15) is 30.0 Å². The average molecular weight is 461 g/mol. The summed E-state index contributed by atoms with van der Waals surface area (Å²) in [5, 5.41) is 0.420. The number of alkyl halides is 3. The molecule has 1 unspecified atom stereocenters. The number of carbonyl (C=O) groups is 1. The van der Waals surface area contributed by atoms with Gasteiger partial charge in [0.15, 0.2) is 6.61 Å². The van der Waals surface area contributed by atoms with Crippen LogP contribution in [0.1, 0.15) is 10.4 Å². The van der Waals surface area contributed by atoms with Crippen molar-refractivity contribution in [1.29, 1.82) is 0 Å². The largest absolute Gasteiger partial charge is 0.497 e. The molecule has 11 heteroatoms. The van der Waals surface area contributed by atoms with Crippen molar-refractivity contribution in [2.75, 3.05) is 40.0 Å². The Kier molecular flexibility index (Phi) is 7.45. The van der Waals surface area contributed by atoms with Crippen LogP contribution in [0.25, 0.3) is 0 Å². The van der Waals surface area contributed by atoms with Gasteiger partial charge in [0.05, 0.1) is 37.0 Å². The Morgan fingerprint density at radius 3 is 2.77 bits per heavy atom. The van der Waals surface area contributed by atoms with Gasteiger partial charge in [-0.1, -0.05) is 11.6 Å². The summed E-state index contributed by atoms with van der Waals surface area (Å²) in [5.74, 6) is 0.112. The summed E-state index contributed by atoms with van der Waals surface area (Å²) in [6, 6.07) is 5.66. The molecule has 1 atom stereocenters. The van der Waals surface area contributed by atoms with Crippen LogP contribution in [0.3, 0.4) is 0 Å². The first-order valence-corrected chi connectivity index (χ1v) is 9.65. The molecule has 1 aliphatic heterocycles. The third kappa shape index (κ3) is 6.63. The number of hydrogen-bond acceptors (Lipinski definition) is 6. The molecule has 0 spiro atoms. The Morgan fingerprint density at radius 2 is 2.06 bits per heavy atom. The van der Waals surface area contributed by atoms with Crippen molar-refractivity contribution in [3.8, 4) is 17.2 Å². The minimum atomic E-state index is -4.53. The van der Waals surface area contributed by atoms with Gasteiger partial charge < -0.3 is 23.8 Å². The second-order valence-corrected chi connectivity index (χ2v) is 7.10. The number of ether oxygens (including phenoxy) is 4. The summed E-state index contributed by atoms with van der Waals surface area (Å²) in [7, 11) is 1.40. The topological polar surface area (TPSA) is 70.1 Å². The molecule has 1 amide bonds. The summed E-state index contributed by atoms with van der Waals surface area (Å²) >= 11 is 5.87. The molecule has 1 aromatic carbocycles. The number of nitrogens with zero attached hydrogens (tertiary/aromatic N) is 2. The van der Waals surface area contributed by atoms with Crippen molar-refractivity contribution < 1.29 is 36.9 Å². The molecular formula is C20H20ClF3N2O5. The quantitative estimate of drug-likeness (QED) is 0.629. The number of aromatic nitrogens is 1. The first-order chi connectivity index (χ1) is 14.7. The molecule has 7 nitrogen and oxygen atoms in total. The van der Waals surface area contributed by atoms with Crippen LogP contribution < -0.4 is 14.2 Å². The highest BCUT2D eigenvalue weighted by Gasteiger charge is 2.31. The molecule has 168 valence electrons. The number of methoxy groups -OCH3 is 1. The molecule has 1 aliphatic rings. The number of halogens is 4. The van der Waals surface area contributed by atoms with Crippen molar-refractivity contribution in [2.45, 2.75) is 12.3 Å². The van der Waals surface area contributed by atoms with Gasteiger partial charge >= 0.3 is 6.18 Å². The molecule has 0 bridgehead atoms. The van der Waals surface area contributed by atoms with E-state index >= 15 is 0 Å². The van der Waals surface area contributed by atoms with Gasteiger partial charge in [-0.05, 0) is 18.2 Å².